The van der Waals surface area contributed by atoms with Crippen LogP contribution in [0.5, 0.6) is 0 Å². The van der Waals surface area contributed by atoms with Gasteiger partial charge in [-0.05, 0) is 19.1 Å². The summed E-state index contributed by atoms with van der Waals surface area (Å²) in [6, 6.07) is 3.84. The summed E-state index contributed by atoms with van der Waals surface area (Å²) in [6.45, 7) is 1.79. The summed E-state index contributed by atoms with van der Waals surface area (Å²) in [5.74, 6) is -0.667. The first-order valence-electron chi connectivity index (χ1n) is 5.61. The highest BCUT2D eigenvalue weighted by atomic mass is 35.5. The molecule has 20 heavy (non-hydrogen) atoms. The third-order valence-electron chi connectivity index (χ3n) is 2.46. The quantitative estimate of drug-likeness (QED) is 0.371. The van der Waals surface area contributed by atoms with E-state index < -0.39 is 10.9 Å². The van der Waals surface area contributed by atoms with Gasteiger partial charge < -0.3 is 4.74 Å². The minimum Gasteiger partial charge on any atom is -0.402 e. The molecule has 1 aliphatic rings. The lowest BCUT2D eigenvalue weighted by Crippen LogP contribution is -2.06. The van der Waals surface area contributed by atoms with Crippen molar-refractivity contribution in [1.29, 1.82) is 0 Å². The highest BCUT2D eigenvalue weighted by Crippen LogP contribution is 2.26. The first kappa shape index (κ1) is 14.0. The molecule has 0 spiro atoms. The fraction of sp³-hybridized carbons (Fsp3) is 0.0769. The van der Waals surface area contributed by atoms with Crippen LogP contribution in [0.3, 0.4) is 0 Å². The lowest BCUT2D eigenvalue weighted by molar-refractivity contribution is -0.384. The molecule has 1 aromatic carbocycles. The van der Waals surface area contributed by atoms with Gasteiger partial charge in [-0.3, -0.25) is 10.1 Å². The number of aliphatic imine (C=N–C) groups is 1. The van der Waals surface area contributed by atoms with Gasteiger partial charge in [-0.15, -0.1) is 0 Å². The molecule has 0 atom stereocenters. The van der Waals surface area contributed by atoms with E-state index in [0.29, 0.717) is 0 Å². The highest BCUT2D eigenvalue weighted by Gasteiger charge is 2.26. The lowest BCUT2D eigenvalue weighted by Gasteiger charge is -2.02. The van der Waals surface area contributed by atoms with Crippen molar-refractivity contribution in [2.75, 3.05) is 0 Å². The highest BCUT2D eigenvalue weighted by molar-refractivity contribution is 6.34. The van der Waals surface area contributed by atoms with Gasteiger partial charge in [0.15, 0.2) is 5.70 Å². The summed E-state index contributed by atoms with van der Waals surface area (Å²) >= 11 is 5.95. The molecule has 0 unspecified atom stereocenters. The number of hydrogen-bond donors (Lipinski definition) is 0. The third kappa shape index (κ3) is 2.75. The second-order valence-corrected chi connectivity index (χ2v) is 4.21. The van der Waals surface area contributed by atoms with E-state index in [4.69, 9.17) is 16.3 Å². The minimum atomic E-state index is -0.624. The van der Waals surface area contributed by atoms with Gasteiger partial charge in [-0.25, -0.2) is 9.79 Å². The molecule has 1 heterocycles. The van der Waals surface area contributed by atoms with Crippen LogP contribution in [-0.4, -0.2) is 16.8 Å². The molecule has 0 radical (unpaired) electrons. The maximum absolute atomic E-state index is 11.6. The molecule has 7 heteroatoms. The number of ether oxygens (including phenoxy) is 1. The molecule has 0 N–H and O–H groups in total. The average molecular weight is 293 g/mol. The van der Waals surface area contributed by atoms with Crippen LogP contribution in [-0.2, 0) is 9.53 Å². The van der Waals surface area contributed by atoms with Crippen molar-refractivity contribution in [2.45, 2.75) is 6.92 Å². The minimum absolute atomic E-state index is 0.0422. The second-order valence-electron chi connectivity index (χ2n) is 3.81. The molecule has 102 valence electrons. The Morgan fingerprint density at radius 3 is 2.85 bits per heavy atom. The van der Waals surface area contributed by atoms with Crippen molar-refractivity contribution >= 4 is 29.2 Å². The van der Waals surface area contributed by atoms with Crippen LogP contribution in [0.2, 0.25) is 5.02 Å². The number of benzene rings is 1. The van der Waals surface area contributed by atoms with Gasteiger partial charge in [-0.2, -0.15) is 0 Å². The first-order valence-corrected chi connectivity index (χ1v) is 5.99. The van der Waals surface area contributed by atoms with E-state index in [1.165, 1.54) is 24.3 Å². The number of hydrogen-bond acceptors (Lipinski definition) is 5. The predicted molar refractivity (Wildman–Crippen MR) is 73.6 cm³/mol. The Balaban J connectivity index is 2.45. The van der Waals surface area contributed by atoms with Crippen molar-refractivity contribution in [3.63, 3.8) is 0 Å². The van der Waals surface area contributed by atoms with Crippen molar-refractivity contribution in [3.8, 4) is 0 Å². The number of carbonyl (C=O) groups is 1. The summed E-state index contributed by atoms with van der Waals surface area (Å²) in [7, 11) is 0. The summed E-state index contributed by atoms with van der Waals surface area (Å²) in [4.78, 5) is 25.7. The average Bonchev–Trinajstić information content (AvgIpc) is 2.77. The smallest absolute Gasteiger partial charge is 0.363 e. The summed E-state index contributed by atoms with van der Waals surface area (Å²) in [5.41, 5.74) is 0.160. The SMILES string of the molecule is C/C=C/C=C1\N=C(c2cc([N+](=O)[O-])ccc2Cl)OC1=O. The predicted octanol–water partition coefficient (Wildman–Crippen LogP) is 3.01. The van der Waals surface area contributed by atoms with Gasteiger partial charge in [0.05, 0.1) is 15.5 Å². The number of esters is 1. The second kappa shape index (κ2) is 5.66. The topological polar surface area (TPSA) is 81.8 Å². The molecule has 0 bridgehead atoms. The van der Waals surface area contributed by atoms with E-state index in [1.54, 1.807) is 19.1 Å². The van der Waals surface area contributed by atoms with E-state index in [2.05, 4.69) is 4.99 Å². The molecule has 0 saturated carbocycles. The van der Waals surface area contributed by atoms with Gasteiger partial charge in [0, 0.05) is 12.1 Å². The third-order valence-corrected chi connectivity index (χ3v) is 2.79. The molecule has 0 saturated heterocycles. The number of non-ortho nitro benzene ring substituents is 1. The van der Waals surface area contributed by atoms with Crippen LogP contribution in [0, 0.1) is 10.1 Å². The Hall–Kier alpha value is -2.47. The van der Waals surface area contributed by atoms with E-state index in [-0.39, 0.29) is 27.9 Å². The van der Waals surface area contributed by atoms with Gasteiger partial charge in [0.1, 0.15) is 0 Å². The zero-order chi connectivity index (χ0) is 14.7. The molecule has 2 rings (SSSR count). The van der Waals surface area contributed by atoms with Gasteiger partial charge in [0.25, 0.3) is 5.69 Å². The molecule has 1 aromatic rings. The molecule has 6 nitrogen and oxygen atoms in total. The Kier molecular flexibility index (Phi) is 3.95. The standard InChI is InChI=1S/C13H9ClN2O4/c1-2-3-4-11-13(17)20-12(15-11)9-7-8(16(18)19)5-6-10(9)14/h2-7H,1H3/b3-2+,11-4-. The zero-order valence-corrected chi connectivity index (χ0v) is 11.1. The molecule has 0 aromatic heterocycles. The number of cyclic esters (lactones) is 1. The van der Waals surface area contributed by atoms with Crippen molar-refractivity contribution < 1.29 is 14.5 Å². The molecular formula is C13H9ClN2O4. The summed E-state index contributed by atoms with van der Waals surface area (Å²) in [5, 5.41) is 11.0. The maximum atomic E-state index is 11.6. The van der Waals surface area contributed by atoms with Crippen molar-refractivity contribution in [1.82, 2.24) is 0 Å². The number of nitro groups is 1. The van der Waals surface area contributed by atoms with Gasteiger partial charge in [0.2, 0.25) is 5.90 Å². The zero-order valence-electron chi connectivity index (χ0n) is 10.4. The number of nitrogens with zero attached hydrogens (tertiary/aromatic N) is 2. The monoisotopic (exact) mass is 292 g/mol. The number of rotatable bonds is 3. The Labute approximate surface area is 119 Å². The van der Waals surface area contributed by atoms with E-state index in [9.17, 15) is 14.9 Å². The van der Waals surface area contributed by atoms with Crippen LogP contribution < -0.4 is 0 Å². The molecule has 1 aliphatic heterocycles. The van der Waals surface area contributed by atoms with Crippen LogP contribution in [0.15, 0.2) is 47.1 Å². The number of halogens is 1. The normalized spacial score (nSPS) is 16.6. The van der Waals surface area contributed by atoms with Crippen LogP contribution >= 0.6 is 11.6 Å². The fourth-order valence-corrected chi connectivity index (χ4v) is 1.71. The Bertz CT molecular complexity index is 677. The maximum Gasteiger partial charge on any atom is 0.363 e. The van der Waals surface area contributed by atoms with Crippen molar-refractivity contribution in [3.05, 3.63) is 62.8 Å². The largest absolute Gasteiger partial charge is 0.402 e. The molecule has 0 amide bonds. The first-order chi connectivity index (χ1) is 9.52. The Morgan fingerprint density at radius 2 is 2.20 bits per heavy atom. The van der Waals surface area contributed by atoms with E-state index >= 15 is 0 Å². The fourth-order valence-electron chi connectivity index (χ4n) is 1.52. The summed E-state index contributed by atoms with van der Waals surface area (Å²) < 4.78 is 4.97. The van der Waals surface area contributed by atoms with Gasteiger partial charge in [-0.1, -0.05) is 23.8 Å². The summed E-state index contributed by atoms with van der Waals surface area (Å²) in [6.07, 6.45) is 4.85. The van der Waals surface area contributed by atoms with Gasteiger partial charge >= 0.3 is 5.97 Å². The molecule has 0 aliphatic carbocycles. The Morgan fingerprint density at radius 1 is 1.45 bits per heavy atom. The number of carbonyl (C=O) groups excluding carboxylic acids is 1. The molecule has 0 fully saturated rings. The van der Waals surface area contributed by atoms with Crippen LogP contribution in [0.1, 0.15) is 12.5 Å². The lowest BCUT2D eigenvalue weighted by atomic mass is 10.2. The van der Waals surface area contributed by atoms with E-state index in [1.807, 2.05) is 0 Å². The number of allylic oxidation sites excluding steroid dienone is 3. The van der Waals surface area contributed by atoms with E-state index in [0.717, 1.165) is 0 Å². The van der Waals surface area contributed by atoms with Crippen molar-refractivity contribution in [2.24, 2.45) is 4.99 Å². The number of nitro benzene ring substituents is 1. The molecular weight excluding hydrogens is 284 g/mol. The van der Waals surface area contributed by atoms with Crippen LogP contribution in [0.4, 0.5) is 5.69 Å². The van der Waals surface area contributed by atoms with Crippen LogP contribution in [0.25, 0.3) is 0 Å².